The smallest absolute Gasteiger partial charge is 0.0952 e. The normalized spacial score (nSPS) is 13.8. The van der Waals surface area contributed by atoms with Crippen molar-refractivity contribution in [3.63, 3.8) is 0 Å². The molecular weight excluding hydrogens is 224 g/mol. The van der Waals surface area contributed by atoms with Crippen LogP contribution in [0.5, 0.6) is 0 Å². The van der Waals surface area contributed by atoms with Crippen molar-refractivity contribution in [3.05, 3.63) is 0 Å². The van der Waals surface area contributed by atoms with Gasteiger partial charge in [-0.1, -0.05) is 46.5 Å². The van der Waals surface area contributed by atoms with Crippen molar-refractivity contribution in [2.75, 3.05) is 0 Å². The minimum atomic E-state index is -0.215. The molecule has 0 saturated heterocycles. The summed E-state index contributed by atoms with van der Waals surface area (Å²) >= 11 is 0. The Labute approximate surface area is 115 Å². The van der Waals surface area contributed by atoms with Gasteiger partial charge in [0.2, 0.25) is 0 Å². The molecule has 0 rings (SSSR count). The van der Waals surface area contributed by atoms with Crippen molar-refractivity contribution in [1.82, 2.24) is 0 Å². The zero-order valence-corrected chi connectivity index (χ0v) is 14.2. The predicted molar refractivity (Wildman–Crippen MR) is 80.7 cm³/mol. The highest BCUT2D eigenvalue weighted by molar-refractivity contribution is 4.58. The van der Waals surface area contributed by atoms with Gasteiger partial charge in [-0.3, -0.25) is 0 Å². The van der Waals surface area contributed by atoms with Gasteiger partial charge in [0.15, 0.2) is 0 Å². The largest absolute Gasteiger partial charge is 0.230 e. The molecule has 1 unspecified atom stereocenters. The third kappa shape index (κ3) is 21.2. The molecule has 0 N–H and O–H groups in total. The van der Waals surface area contributed by atoms with Crippen LogP contribution in [0.3, 0.4) is 0 Å². The molecule has 0 amide bonds. The molecule has 0 radical (unpaired) electrons. The molecule has 0 saturated carbocycles. The first-order chi connectivity index (χ1) is 8.02. The second kappa shape index (κ2) is 9.80. The molecule has 0 fully saturated rings. The molecule has 0 aromatic heterocycles. The molecule has 2 nitrogen and oxygen atoms in total. The molecule has 18 heavy (non-hydrogen) atoms. The van der Waals surface area contributed by atoms with Crippen LogP contribution in [-0.2, 0) is 9.78 Å². The summed E-state index contributed by atoms with van der Waals surface area (Å²) < 4.78 is 0. The lowest BCUT2D eigenvalue weighted by atomic mass is 10.0. The van der Waals surface area contributed by atoms with E-state index < -0.39 is 0 Å². The van der Waals surface area contributed by atoms with Gasteiger partial charge in [0.05, 0.1) is 11.2 Å². The van der Waals surface area contributed by atoms with Crippen LogP contribution in [0.4, 0.5) is 0 Å². The van der Waals surface area contributed by atoms with Crippen LogP contribution in [-0.4, -0.2) is 11.2 Å². The van der Waals surface area contributed by atoms with E-state index in [1.807, 2.05) is 41.5 Å². The lowest BCUT2D eigenvalue weighted by Gasteiger charge is -2.24. The Bertz CT molecular complexity index is 161. The summed E-state index contributed by atoms with van der Waals surface area (Å²) in [4.78, 5) is 10.2. The molecule has 0 aliphatic rings. The van der Waals surface area contributed by atoms with E-state index in [0.29, 0.717) is 0 Å². The highest BCUT2D eigenvalue weighted by Crippen LogP contribution is 2.14. The molecule has 0 aliphatic carbocycles. The zero-order valence-electron chi connectivity index (χ0n) is 14.2. The summed E-state index contributed by atoms with van der Waals surface area (Å²) in [5.74, 6) is 0.954. The van der Waals surface area contributed by atoms with E-state index in [0.717, 1.165) is 5.92 Å². The Kier molecular flexibility index (Phi) is 11.0. The first-order valence-corrected chi connectivity index (χ1v) is 7.38. The summed E-state index contributed by atoms with van der Waals surface area (Å²) in [6, 6.07) is 0. The Morgan fingerprint density at radius 2 is 1.22 bits per heavy atom. The maximum Gasteiger partial charge on any atom is 0.0952 e. The number of hydrogen-bond acceptors (Lipinski definition) is 2. The second-order valence-electron chi connectivity index (χ2n) is 7.05. The first kappa shape index (κ1) is 20.2. The van der Waals surface area contributed by atoms with Crippen LogP contribution in [0.1, 0.15) is 88.0 Å². The number of rotatable bonds is 5. The van der Waals surface area contributed by atoms with Crippen molar-refractivity contribution in [3.8, 4) is 0 Å². The second-order valence-corrected chi connectivity index (χ2v) is 7.05. The van der Waals surface area contributed by atoms with Crippen molar-refractivity contribution < 1.29 is 9.78 Å². The molecular formula is C16H36O2. The lowest BCUT2D eigenvalue weighted by Crippen LogP contribution is -2.27. The summed E-state index contributed by atoms with van der Waals surface area (Å²) in [6.45, 7) is 18.6. The van der Waals surface area contributed by atoms with E-state index in [-0.39, 0.29) is 11.2 Å². The SMILES string of the molecule is CC(C)(C)OOC(C)(C)C.CCCCC(C)CC. The number of hydrogen-bond donors (Lipinski definition) is 0. The molecule has 1 atom stereocenters. The van der Waals surface area contributed by atoms with Gasteiger partial charge in [-0.2, -0.15) is 0 Å². The minimum absolute atomic E-state index is 0.215. The van der Waals surface area contributed by atoms with Gasteiger partial charge < -0.3 is 0 Å². The van der Waals surface area contributed by atoms with E-state index in [1.165, 1.54) is 25.7 Å². The van der Waals surface area contributed by atoms with E-state index >= 15 is 0 Å². The van der Waals surface area contributed by atoms with Gasteiger partial charge in [-0.15, -0.1) is 0 Å². The van der Waals surface area contributed by atoms with E-state index in [9.17, 15) is 0 Å². The fourth-order valence-corrected chi connectivity index (χ4v) is 1.01. The maximum absolute atomic E-state index is 5.09. The Morgan fingerprint density at radius 3 is 1.44 bits per heavy atom. The van der Waals surface area contributed by atoms with Gasteiger partial charge in [0, 0.05) is 0 Å². The summed E-state index contributed by atoms with van der Waals surface area (Å²) in [5, 5.41) is 0. The highest BCUT2D eigenvalue weighted by Gasteiger charge is 2.18. The number of unbranched alkanes of at least 4 members (excludes halogenated alkanes) is 1. The zero-order chi connectivity index (χ0) is 14.8. The molecule has 112 valence electrons. The summed E-state index contributed by atoms with van der Waals surface area (Å²) in [6.07, 6.45) is 5.53. The van der Waals surface area contributed by atoms with Crippen LogP contribution in [0.2, 0.25) is 0 Å². The minimum Gasteiger partial charge on any atom is -0.230 e. The van der Waals surface area contributed by atoms with Crippen LogP contribution in [0.25, 0.3) is 0 Å². The molecule has 0 aliphatic heterocycles. The Morgan fingerprint density at radius 1 is 0.833 bits per heavy atom. The van der Waals surface area contributed by atoms with Gasteiger partial charge in [-0.25, -0.2) is 9.78 Å². The van der Waals surface area contributed by atoms with Crippen molar-refractivity contribution in [2.24, 2.45) is 5.92 Å². The average molecular weight is 260 g/mol. The molecule has 0 heterocycles. The Balaban J connectivity index is 0. The van der Waals surface area contributed by atoms with Crippen molar-refractivity contribution in [2.45, 2.75) is 99.2 Å². The molecule has 0 bridgehead atoms. The fourth-order valence-electron chi connectivity index (χ4n) is 1.01. The van der Waals surface area contributed by atoms with Gasteiger partial charge in [0.1, 0.15) is 0 Å². The fraction of sp³-hybridized carbons (Fsp3) is 1.00. The first-order valence-electron chi connectivity index (χ1n) is 7.38. The third-order valence-corrected chi connectivity index (χ3v) is 2.29. The standard InChI is InChI=1S/C8H18O2.C8H18/c1-7(2,3)9-10-8(4,5)6;1-4-6-7-8(3)5-2/h1-6H3;8H,4-7H2,1-3H3. The summed E-state index contributed by atoms with van der Waals surface area (Å²) in [5.41, 5.74) is -0.430. The van der Waals surface area contributed by atoms with E-state index in [1.54, 1.807) is 0 Å². The van der Waals surface area contributed by atoms with Gasteiger partial charge in [-0.05, 0) is 47.5 Å². The van der Waals surface area contributed by atoms with Crippen molar-refractivity contribution >= 4 is 0 Å². The van der Waals surface area contributed by atoms with Crippen LogP contribution in [0.15, 0.2) is 0 Å². The van der Waals surface area contributed by atoms with Crippen LogP contribution in [0, 0.1) is 5.92 Å². The maximum atomic E-state index is 5.09. The third-order valence-electron chi connectivity index (χ3n) is 2.29. The van der Waals surface area contributed by atoms with Gasteiger partial charge in [0.25, 0.3) is 0 Å². The lowest BCUT2D eigenvalue weighted by molar-refractivity contribution is -0.393. The quantitative estimate of drug-likeness (QED) is 0.462. The van der Waals surface area contributed by atoms with E-state index in [4.69, 9.17) is 9.78 Å². The average Bonchev–Trinajstić information content (AvgIpc) is 2.22. The van der Waals surface area contributed by atoms with Gasteiger partial charge >= 0.3 is 0 Å². The predicted octanol–water partition coefficient (Wildman–Crippen LogP) is 5.75. The molecule has 0 aromatic rings. The Hall–Kier alpha value is -0.0800. The van der Waals surface area contributed by atoms with Crippen LogP contribution >= 0.6 is 0 Å². The molecule has 2 heteroatoms. The molecule has 0 aromatic carbocycles. The van der Waals surface area contributed by atoms with Crippen LogP contribution < -0.4 is 0 Å². The van der Waals surface area contributed by atoms with E-state index in [2.05, 4.69) is 20.8 Å². The summed E-state index contributed by atoms with van der Waals surface area (Å²) in [7, 11) is 0. The topological polar surface area (TPSA) is 18.5 Å². The van der Waals surface area contributed by atoms with Crippen molar-refractivity contribution in [1.29, 1.82) is 0 Å². The molecule has 0 spiro atoms. The highest BCUT2D eigenvalue weighted by atomic mass is 17.2. The monoisotopic (exact) mass is 260 g/mol.